The Morgan fingerprint density at radius 2 is 2.13 bits per heavy atom. The fourth-order valence-corrected chi connectivity index (χ4v) is 1.45. The highest BCUT2D eigenvalue weighted by molar-refractivity contribution is 5.82. The van der Waals surface area contributed by atoms with E-state index < -0.39 is 4.92 Å². The number of nitrogens with zero attached hydrogens (tertiary/aromatic N) is 1. The summed E-state index contributed by atoms with van der Waals surface area (Å²) in [6.07, 6.45) is 1.28. The van der Waals surface area contributed by atoms with Crippen LogP contribution in [0.2, 0.25) is 0 Å². The van der Waals surface area contributed by atoms with E-state index in [-0.39, 0.29) is 16.5 Å². The number of hydrogen-bond acceptors (Lipinski definition) is 4. The number of nitro groups is 1. The van der Waals surface area contributed by atoms with Gasteiger partial charge >= 0.3 is 0 Å². The van der Waals surface area contributed by atoms with E-state index in [9.17, 15) is 14.9 Å². The Morgan fingerprint density at radius 3 is 2.80 bits per heavy atom. The molecule has 76 valence electrons. The molecule has 1 heterocycles. The van der Waals surface area contributed by atoms with Crippen molar-refractivity contribution in [3.8, 4) is 0 Å². The summed E-state index contributed by atoms with van der Waals surface area (Å²) in [7, 11) is 0. The van der Waals surface area contributed by atoms with E-state index in [4.69, 9.17) is 4.42 Å². The van der Waals surface area contributed by atoms with Crippen molar-refractivity contribution in [2.24, 2.45) is 0 Å². The fraction of sp³-hybridized carbons (Fsp3) is 0.100. The average molecular weight is 205 g/mol. The lowest BCUT2D eigenvalue weighted by molar-refractivity contribution is -0.384. The molecule has 0 aliphatic heterocycles. The molecule has 0 aliphatic carbocycles. The molecule has 5 heteroatoms. The molecule has 0 amide bonds. The van der Waals surface area contributed by atoms with Gasteiger partial charge in [0, 0.05) is 18.2 Å². The Labute approximate surface area is 84.1 Å². The predicted molar refractivity (Wildman–Crippen MR) is 53.9 cm³/mol. The van der Waals surface area contributed by atoms with Crippen molar-refractivity contribution in [1.82, 2.24) is 0 Å². The standard InChI is InChI=1S/C10H7NO4/c1-6-4-7(11(13)14)5-8-9(12)2-3-15-10(6)8/h2-5H,1H3. The summed E-state index contributed by atoms with van der Waals surface area (Å²) in [5.74, 6) is 0. The zero-order chi connectivity index (χ0) is 11.0. The molecule has 5 nitrogen and oxygen atoms in total. The molecule has 2 aromatic rings. The minimum atomic E-state index is -0.529. The number of rotatable bonds is 1. The van der Waals surface area contributed by atoms with E-state index in [1.54, 1.807) is 6.92 Å². The summed E-state index contributed by atoms with van der Waals surface area (Å²) in [5.41, 5.74) is 0.603. The van der Waals surface area contributed by atoms with Gasteiger partial charge in [-0.15, -0.1) is 0 Å². The lowest BCUT2D eigenvalue weighted by Crippen LogP contribution is -2.00. The third-order valence-electron chi connectivity index (χ3n) is 2.14. The van der Waals surface area contributed by atoms with Gasteiger partial charge in [-0.3, -0.25) is 14.9 Å². The van der Waals surface area contributed by atoms with Crippen LogP contribution in [0.15, 0.2) is 33.7 Å². The number of fused-ring (bicyclic) bond motifs is 1. The quantitative estimate of drug-likeness (QED) is 0.527. The first-order valence-corrected chi connectivity index (χ1v) is 4.26. The number of nitro benzene ring substituents is 1. The van der Waals surface area contributed by atoms with E-state index in [0.29, 0.717) is 11.1 Å². The molecule has 0 N–H and O–H groups in total. The summed E-state index contributed by atoms with van der Waals surface area (Å²) < 4.78 is 5.14. The van der Waals surface area contributed by atoms with Gasteiger partial charge < -0.3 is 4.42 Å². The third kappa shape index (κ3) is 1.48. The highest BCUT2D eigenvalue weighted by atomic mass is 16.6. The number of hydrogen-bond donors (Lipinski definition) is 0. The lowest BCUT2D eigenvalue weighted by Gasteiger charge is -1.99. The van der Waals surface area contributed by atoms with Gasteiger partial charge in [-0.05, 0) is 12.5 Å². The Bertz CT molecular complexity index is 600. The highest BCUT2D eigenvalue weighted by Crippen LogP contribution is 2.22. The van der Waals surface area contributed by atoms with Crippen LogP contribution in [-0.2, 0) is 0 Å². The second-order valence-electron chi connectivity index (χ2n) is 3.18. The maximum absolute atomic E-state index is 11.4. The zero-order valence-corrected chi connectivity index (χ0v) is 7.89. The lowest BCUT2D eigenvalue weighted by atomic mass is 10.1. The van der Waals surface area contributed by atoms with Crippen LogP contribution in [-0.4, -0.2) is 4.92 Å². The SMILES string of the molecule is Cc1cc([N+](=O)[O-])cc2c(=O)ccoc12. The first-order chi connectivity index (χ1) is 7.09. The molecule has 0 aliphatic rings. The average Bonchev–Trinajstić information content (AvgIpc) is 2.19. The van der Waals surface area contributed by atoms with Gasteiger partial charge in [-0.2, -0.15) is 0 Å². The second kappa shape index (κ2) is 3.20. The number of benzene rings is 1. The van der Waals surface area contributed by atoms with Crippen LogP contribution in [0.3, 0.4) is 0 Å². The van der Waals surface area contributed by atoms with Gasteiger partial charge in [0.05, 0.1) is 16.6 Å². The molecule has 0 radical (unpaired) electrons. The summed E-state index contributed by atoms with van der Waals surface area (Å²) in [6, 6.07) is 3.85. The van der Waals surface area contributed by atoms with Gasteiger partial charge in [0.15, 0.2) is 5.43 Å². The van der Waals surface area contributed by atoms with E-state index in [0.717, 1.165) is 0 Å². The van der Waals surface area contributed by atoms with E-state index in [1.165, 1.54) is 24.5 Å². The van der Waals surface area contributed by atoms with Crippen molar-refractivity contribution in [3.63, 3.8) is 0 Å². The van der Waals surface area contributed by atoms with Crippen molar-refractivity contribution in [3.05, 3.63) is 50.4 Å². The Kier molecular flexibility index (Phi) is 2.00. The van der Waals surface area contributed by atoms with E-state index in [1.807, 2.05) is 0 Å². The second-order valence-corrected chi connectivity index (χ2v) is 3.18. The summed E-state index contributed by atoms with van der Waals surface area (Å²) in [5, 5.41) is 10.8. The van der Waals surface area contributed by atoms with Crippen LogP contribution in [0, 0.1) is 17.0 Å². The van der Waals surface area contributed by atoms with Crippen LogP contribution in [0.5, 0.6) is 0 Å². The fourth-order valence-electron chi connectivity index (χ4n) is 1.45. The van der Waals surface area contributed by atoms with Gasteiger partial charge in [0.2, 0.25) is 0 Å². The van der Waals surface area contributed by atoms with Crippen LogP contribution in [0.25, 0.3) is 11.0 Å². The largest absolute Gasteiger partial charge is 0.464 e. The Morgan fingerprint density at radius 1 is 1.40 bits per heavy atom. The van der Waals surface area contributed by atoms with Crippen LogP contribution in [0.4, 0.5) is 5.69 Å². The molecular formula is C10H7NO4. The molecule has 0 bridgehead atoms. The smallest absolute Gasteiger partial charge is 0.270 e. The molecular weight excluding hydrogens is 198 g/mol. The third-order valence-corrected chi connectivity index (χ3v) is 2.14. The normalized spacial score (nSPS) is 10.5. The monoisotopic (exact) mass is 205 g/mol. The first-order valence-electron chi connectivity index (χ1n) is 4.26. The number of non-ortho nitro benzene ring substituents is 1. The van der Waals surface area contributed by atoms with Crippen molar-refractivity contribution in [2.45, 2.75) is 6.92 Å². The number of aryl methyl sites for hydroxylation is 1. The maximum Gasteiger partial charge on any atom is 0.270 e. The Hall–Kier alpha value is -2.17. The molecule has 0 spiro atoms. The van der Waals surface area contributed by atoms with Crippen LogP contribution < -0.4 is 5.43 Å². The molecule has 0 atom stereocenters. The predicted octanol–water partition coefficient (Wildman–Crippen LogP) is 2.01. The van der Waals surface area contributed by atoms with Crippen LogP contribution >= 0.6 is 0 Å². The van der Waals surface area contributed by atoms with Crippen molar-refractivity contribution >= 4 is 16.7 Å². The molecule has 15 heavy (non-hydrogen) atoms. The highest BCUT2D eigenvalue weighted by Gasteiger charge is 2.12. The molecule has 2 rings (SSSR count). The molecule has 0 saturated heterocycles. The van der Waals surface area contributed by atoms with Gasteiger partial charge in [-0.1, -0.05) is 0 Å². The van der Waals surface area contributed by atoms with E-state index in [2.05, 4.69) is 0 Å². The summed E-state index contributed by atoms with van der Waals surface area (Å²) in [4.78, 5) is 21.5. The zero-order valence-electron chi connectivity index (χ0n) is 7.89. The van der Waals surface area contributed by atoms with Gasteiger partial charge in [-0.25, -0.2) is 0 Å². The maximum atomic E-state index is 11.4. The molecule has 1 aromatic heterocycles. The van der Waals surface area contributed by atoms with Crippen molar-refractivity contribution in [2.75, 3.05) is 0 Å². The van der Waals surface area contributed by atoms with Crippen LogP contribution in [0.1, 0.15) is 5.56 Å². The molecule has 0 fully saturated rings. The molecule has 0 saturated carbocycles. The van der Waals surface area contributed by atoms with Crippen molar-refractivity contribution in [1.29, 1.82) is 0 Å². The summed E-state index contributed by atoms with van der Waals surface area (Å²) in [6.45, 7) is 1.66. The van der Waals surface area contributed by atoms with Gasteiger partial charge in [0.25, 0.3) is 5.69 Å². The summed E-state index contributed by atoms with van der Waals surface area (Å²) >= 11 is 0. The van der Waals surface area contributed by atoms with Crippen molar-refractivity contribution < 1.29 is 9.34 Å². The minimum Gasteiger partial charge on any atom is -0.464 e. The molecule has 1 aromatic carbocycles. The van der Waals surface area contributed by atoms with Gasteiger partial charge in [0.1, 0.15) is 5.58 Å². The molecule has 0 unspecified atom stereocenters. The topological polar surface area (TPSA) is 73.3 Å². The first kappa shape index (κ1) is 9.39. The van der Waals surface area contributed by atoms with E-state index >= 15 is 0 Å². The Balaban J connectivity index is 2.92. The minimum absolute atomic E-state index is 0.0986.